The fourth-order valence-electron chi connectivity index (χ4n) is 1.68. The van der Waals surface area contributed by atoms with Crippen LogP contribution in [0.2, 0.25) is 0 Å². The second-order valence-electron chi connectivity index (χ2n) is 4.21. The lowest BCUT2D eigenvalue weighted by atomic mass is 9.95. The lowest BCUT2D eigenvalue weighted by Gasteiger charge is -2.20. The fraction of sp³-hybridized carbons (Fsp3) is 0.333. The number of hydrogen-bond acceptors (Lipinski definition) is 4. The van der Waals surface area contributed by atoms with Gasteiger partial charge in [0.25, 0.3) is 0 Å². The number of halogens is 3. The zero-order valence-electron chi connectivity index (χ0n) is 10.3. The van der Waals surface area contributed by atoms with Gasteiger partial charge in [0.05, 0.1) is 23.7 Å². The first-order chi connectivity index (χ1) is 9.54. The molecule has 0 saturated carbocycles. The van der Waals surface area contributed by atoms with Crippen LogP contribution < -0.4 is 0 Å². The van der Waals surface area contributed by atoms with Crippen molar-refractivity contribution >= 4 is 11.9 Å². The molecule has 9 heteroatoms. The van der Waals surface area contributed by atoms with Crippen LogP contribution in [0.3, 0.4) is 0 Å². The molecule has 0 saturated heterocycles. The summed E-state index contributed by atoms with van der Waals surface area (Å²) in [7, 11) is 0. The summed E-state index contributed by atoms with van der Waals surface area (Å²) in [5, 5.41) is 36.5. The van der Waals surface area contributed by atoms with Crippen molar-refractivity contribution in [2.45, 2.75) is 24.8 Å². The molecule has 0 radical (unpaired) electrons. The number of benzene rings is 1. The van der Waals surface area contributed by atoms with Crippen molar-refractivity contribution in [2.75, 3.05) is 0 Å². The van der Waals surface area contributed by atoms with Gasteiger partial charge in [-0.25, -0.2) is 4.79 Å². The van der Waals surface area contributed by atoms with Gasteiger partial charge in [-0.1, -0.05) is 0 Å². The van der Waals surface area contributed by atoms with Gasteiger partial charge in [-0.15, -0.1) is 0 Å². The van der Waals surface area contributed by atoms with E-state index in [1.807, 2.05) is 0 Å². The number of alkyl halides is 3. The Morgan fingerprint density at radius 1 is 1.14 bits per heavy atom. The number of carboxylic acids is 2. The van der Waals surface area contributed by atoms with Crippen LogP contribution in [0.1, 0.15) is 34.0 Å². The number of carboxylic acid groups (broad SMARTS) is 2. The Kier molecular flexibility index (Phi) is 4.92. The van der Waals surface area contributed by atoms with Gasteiger partial charge in [0.1, 0.15) is 6.10 Å². The molecule has 0 amide bonds. The van der Waals surface area contributed by atoms with Crippen LogP contribution in [-0.2, 0) is 11.0 Å². The van der Waals surface area contributed by atoms with Crippen molar-refractivity contribution in [2.24, 2.45) is 0 Å². The van der Waals surface area contributed by atoms with Gasteiger partial charge >= 0.3 is 18.1 Å². The third-order valence-corrected chi connectivity index (χ3v) is 2.68. The van der Waals surface area contributed by atoms with Crippen molar-refractivity contribution in [3.8, 4) is 0 Å². The van der Waals surface area contributed by atoms with Crippen LogP contribution in [0.15, 0.2) is 18.2 Å². The summed E-state index contributed by atoms with van der Waals surface area (Å²) < 4.78 is 37.8. The van der Waals surface area contributed by atoms with E-state index in [1.54, 1.807) is 0 Å². The highest BCUT2D eigenvalue weighted by molar-refractivity contribution is 5.89. The van der Waals surface area contributed by atoms with Crippen molar-refractivity contribution in [1.82, 2.24) is 0 Å². The summed E-state index contributed by atoms with van der Waals surface area (Å²) in [6, 6.07) is 1.53. The summed E-state index contributed by atoms with van der Waals surface area (Å²) >= 11 is 0. The molecule has 4 N–H and O–H groups in total. The van der Waals surface area contributed by atoms with E-state index in [4.69, 9.17) is 10.2 Å². The number of aliphatic carboxylic acids is 1. The first kappa shape index (κ1) is 16.9. The molecule has 6 nitrogen and oxygen atoms in total. The second-order valence-corrected chi connectivity index (χ2v) is 4.21. The summed E-state index contributed by atoms with van der Waals surface area (Å²) in [6.07, 6.45) is -9.74. The third kappa shape index (κ3) is 4.17. The number of rotatable bonds is 5. The van der Waals surface area contributed by atoms with Crippen LogP contribution in [-0.4, -0.2) is 38.5 Å². The van der Waals surface area contributed by atoms with E-state index in [0.717, 1.165) is 0 Å². The van der Waals surface area contributed by atoms with Crippen molar-refractivity contribution in [3.63, 3.8) is 0 Å². The van der Waals surface area contributed by atoms with Crippen LogP contribution in [0.4, 0.5) is 13.2 Å². The summed E-state index contributed by atoms with van der Waals surface area (Å²) in [4.78, 5) is 21.4. The maximum atomic E-state index is 12.6. The molecule has 2 unspecified atom stereocenters. The minimum absolute atomic E-state index is 0.374. The van der Waals surface area contributed by atoms with E-state index in [-0.39, 0.29) is 0 Å². The van der Waals surface area contributed by atoms with E-state index in [0.29, 0.717) is 18.2 Å². The lowest BCUT2D eigenvalue weighted by molar-refractivity contribution is -0.141. The largest absolute Gasteiger partial charge is 0.481 e. The summed E-state index contributed by atoms with van der Waals surface area (Å²) in [5.74, 6) is -3.11. The molecule has 0 spiro atoms. The smallest absolute Gasteiger partial charge is 0.416 e. The molecule has 0 aliphatic carbocycles. The number of carbonyl (C=O) groups is 2. The number of aliphatic hydroxyl groups is 2. The molecule has 0 bridgehead atoms. The van der Waals surface area contributed by atoms with Crippen LogP contribution in [0.25, 0.3) is 0 Å². The molecule has 0 aliphatic heterocycles. The minimum Gasteiger partial charge on any atom is -0.481 e. The molecule has 0 fully saturated rings. The lowest BCUT2D eigenvalue weighted by Crippen LogP contribution is -2.24. The van der Waals surface area contributed by atoms with Gasteiger partial charge in [0.15, 0.2) is 0 Å². The maximum absolute atomic E-state index is 12.6. The predicted octanol–water partition coefficient (Wildman–Crippen LogP) is 1.27. The first-order valence-electron chi connectivity index (χ1n) is 5.56. The van der Waals surface area contributed by atoms with Gasteiger partial charge in [0, 0.05) is 0 Å². The van der Waals surface area contributed by atoms with Crippen LogP contribution in [0, 0.1) is 0 Å². The van der Waals surface area contributed by atoms with Gasteiger partial charge < -0.3 is 20.4 Å². The Bertz CT molecular complexity index is 554. The Hall–Kier alpha value is -2.13. The molecular weight excluding hydrogens is 297 g/mol. The molecule has 1 aromatic carbocycles. The molecule has 2 atom stereocenters. The fourth-order valence-corrected chi connectivity index (χ4v) is 1.68. The Morgan fingerprint density at radius 2 is 1.71 bits per heavy atom. The van der Waals surface area contributed by atoms with Crippen LogP contribution in [0.5, 0.6) is 0 Å². The molecule has 0 aromatic heterocycles. The summed E-state index contributed by atoms with van der Waals surface area (Å²) in [5.41, 5.74) is -2.57. The highest BCUT2D eigenvalue weighted by Crippen LogP contribution is 2.33. The van der Waals surface area contributed by atoms with E-state index in [1.165, 1.54) is 0 Å². The van der Waals surface area contributed by atoms with Crippen molar-refractivity contribution in [1.29, 1.82) is 0 Å². The van der Waals surface area contributed by atoms with E-state index >= 15 is 0 Å². The average molecular weight is 308 g/mol. The number of aliphatic hydroxyl groups excluding tert-OH is 2. The van der Waals surface area contributed by atoms with Gasteiger partial charge in [0.2, 0.25) is 0 Å². The molecule has 116 valence electrons. The Morgan fingerprint density at radius 3 is 2.14 bits per heavy atom. The quantitative estimate of drug-likeness (QED) is 0.651. The third-order valence-electron chi connectivity index (χ3n) is 2.68. The minimum atomic E-state index is -4.77. The Labute approximate surface area is 116 Å². The SMILES string of the molecule is O=C(O)CC(O)C(O)c1cc(C(F)(F)F)ccc1C(=O)O. The van der Waals surface area contributed by atoms with Gasteiger partial charge in [-0.2, -0.15) is 13.2 Å². The highest BCUT2D eigenvalue weighted by atomic mass is 19.4. The maximum Gasteiger partial charge on any atom is 0.416 e. The van der Waals surface area contributed by atoms with Gasteiger partial charge in [-0.3, -0.25) is 4.79 Å². The average Bonchev–Trinajstić information content (AvgIpc) is 2.35. The van der Waals surface area contributed by atoms with E-state index in [2.05, 4.69) is 0 Å². The second kappa shape index (κ2) is 6.10. The van der Waals surface area contributed by atoms with Gasteiger partial charge in [-0.05, 0) is 23.8 Å². The van der Waals surface area contributed by atoms with E-state index < -0.39 is 53.4 Å². The van der Waals surface area contributed by atoms with Crippen molar-refractivity contribution < 1.29 is 43.2 Å². The van der Waals surface area contributed by atoms with E-state index in [9.17, 15) is 33.0 Å². The molecule has 1 rings (SSSR count). The molecule has 0 aliphatic rings. The monoisotopic (exact) mass is 308 g/mol. The van der Waals surface area contributed by atoms with Crippen molar-refractivity contribution in [3.05, 3.63) is 34.9 Å². The number of hydrogen-bond donors (Lipinski definition) is 4. The molecular formula is C12H11F3O6. The normalized spacial score (nSPS) is 14.5. The standard InChI is InChI=1S/C12H11F3O6/c13-12(14,15)5-1-2-6(11(20)21)7(3-5)10(19)8(16)4-9(17)18/h1-3,8,10,16,19H,4H2,(H,17,18)(H,20,21). The molecule has 0 heterocycles. The zero-order chi connectivity index (χ0) is 16.4. The van der Waals surface area contributed by atoms with Crippen LogP contribution >= 0.6 is 0 Å². The Balaban J connectivity index is 3.29. The first-order valence-corrected chi connectivity index (χ1v) is 5.56. The zero-order valence-corrected chi connectivity index (χ0v) is 10.3. The number of aromatic carboxylic acids is 1. The predicted molar refractivity (Wildman–Crippen MR) is 61.6 cm³/mol. The molecule has 1 aromatic rings. The topological polar surface area (TPSA) is 115 Å². The highest BCUT2D eigenvalue weighted by Gasteiger charge is 2.33. The summed E-state index contributed by atoms with van der Waals surface area (Å²) in [6.45, 7) is 0. The molecule has 21 heavy (non-hydrogen) atoms.